The lowest BCUT2D eigenvalue weighted by Crippen LogP contribution is -2.13. The summed E-state index contributed by atoms with van der Waals surface area (Å²) in [5, 5.41) is 3.03. The van der Waals surface area contributed by atoms with Gasteiger partial charge in [0.05, 0.1) is 6.61 Å². The molecule has 2 aromatic carbocycles. The normalized spacial score (nSPS) is 10.5. The number of benzene rings is 2. The number of nitrogens with one attached hydrogen (secondary N) is 1. The van der Waals surface area contributed by atoms with Gasteiger partial charge in [0.2, 0.25) is 5.91 Å². The van der Waals surface area contributed by atoms with Gasteiger partial charge in [-0.15, -0.1) is 0 Å². The summed E-state index contributed by atoms with van der Waals surface area (Å²) < 4.78 is 6.72. The number of anilines is 1. The van der Waals surface area contributed by atoms with E-state index in [4.69, 9.17) is 4.74 Å². The van der Waals surface area contributed by atoms with Crippen molar-refractivity contribution in [3.8, 4) is 5.75 Å². The van der Waals surface area contributed by atoms with Gasteiger partial charge < -0.3 is 10.1 Å². The number of carbonyl (C=O) groups excluding carboxylic acids is 1. The smallest absolute Gasteiger partial charge is 0.224 e. The van der Waals surface area contributed by atoms with Crippen LogP contribution in [-0.2, 0) is 4.79 Å². The van der Waals surface area contributed by atoms with E-state index in [0.29, 0.717) is 13.0 Å². The Hall–Kier alpha value is -1.46. The molecule has 2 aromatic rings. The van der Waals surface area contributed by atoms with Crippen molar-refractivity contribution >= 4 is 39.3 Å². The molecule has 0 aromatic heterocycles. The molecule has 0 unspecified atom stereocenters. The molecule has 0 saturated heterocycles. The SMILES string of the molecule is Cc1cccc(C)c1NC(=O)CCCSCCOc1ccc(Br)cc1. The summed E-state index contributed by atoms with van der Waals surface area (Å²) in [4.78, 5) is 12.1. The van der Waals surface area contributed by atoms with Crippen LogP contribution in [0.3, 0.4) is 0 Å². The molecule has 0 aliphatic heterocycles. The fraction of sp³-hybridized carbons (Fsp3) is 0.350. The third kappa shape index (κ3) is 7.12. The molecule has 1 amide bonds. The van der Waals surface area contributed by atoms with Gasteiger partial charge in [-0.25, -0.2) is 0 Å². The first-order chi connectivity index (χ1) is 12.1. The van der Waals surface area contributed by atoms with Crippen LogP contribution in [0.2, 0.25) is 0 Å². The molecule has 3 nitrogen and oxygen atoms in total. The number of hydrogen-bond acceptors (Lipinski definition) is 3. The summed E-state index contributed by atoms with van der Waals surface area (Å²) in [6, 6.07) is 13.9. The number of para-hydroxylation sites is 1. The van der Waals surface area contributed by atoms with E-state index in [1.54, 1.807) is 0 Å². The van der Waals surface area contributed by atoms with Gasteiger partial charge in [-0.2, -0.15) is 11.8 Å². The number of ether oxygens (including phenoxy) is 1. The molecule has 0 heterocycles. The molecule has 5 heteroatoms. The Morgan fingerprint density at radius 2 is 1.76 bits per heavy atom. The Kier molecular flexibility index (Phi) is 8.35. The van der Waals surface area contributed by atoms with E-state index in [9.17, 15) is 4.79 Å². The van der Waals surface area contributed by atoms with Gasteiger partial charge in [0.1, 0.15) is 5.75 Å². The zero-order chi connectivity index (χ0) is 18.1. The molecule has 134 valence electrons. The predicted octanol–water partition coefficient (Wildman–Crippen LogP) is 5.60. The lowest BCUT2D eigenvalue weighted by molar-refractivity contribution is -0.116. The third-order valence-electron chi connectivity index (χ3n) is 3.75. The number of carbonyl (C=O) groups is 1. The minimum absolute atomic E-state index is 0.0871. The van der Waals surface area contributed by atoms with Crippen LogP contribution in [0.15, 0.2) is 46.9 Å². The molecule has 0 fully saturated rings. The van der Waals surface area contributed by atoms with Gasteiger partial charge in [0, 0.05) is 22.3 Å². The molecule has 0 bridgehead atoms. The Morgan fingerprint density at radius 3 is 2.44 bits per heavy atom. The van der Waals surface area contributed by atoms with Crippen molar-refractivity contribution in [1.29, 1.82) is 0 Å². The van der Waals surface area contributed by atoms with E-state index in [1.807, 2.05) is 68.1 Å². The van der Waals surface area contributed by atoms with E-state index in [1.165, 1.54) is 0 Å². The number of hydrogen-bond donors (Lipinski definition) is 1. The molecule has 0 spiro atoms. The van der Waals surface area contributed by atoms with Crippen molar-refractivity contribution in [2.24, 2.45) is 0 Å². The highest BCUT2D eigenvalue weighted by molar-refractivity contribution is 9.10. The van der Waals surface area contributed by atoms with Crippen molar-refractivity contribution in [3.63, 3.8) is 0 Å². The van der Waals surface area contributed by atoms with Gasteiger partial charge in [0.15, 0.2) is 0 Å². The summed E-state index contributed by atoms with van der Waals surface area (Å²) in [5.41, 5.74) is 3.16. The lowest BCUT2D eigenvalue weighted by atomic mass is 10.1. The summed E-state index contributed by atoms with van der Waals surface area (Å²) in [6.45, 7) is 4.72. The second-order valence-corrected chi connectivity index (χ2v) is 7.97. The van der Waals surface area contributed by atoms with Crippen LogP contribution in [0, 0.1) is 13.8 Å². The maximum absolute atomic E-state index is 12.1. The largest absolute Gasteiger partial charge is 0.493 e. The summed E-state index contributed by atoms with van der Waals surface area (Å²) >= 11 is 5.22. The van der Waals surface area contributed by atoms with E-state index >= 15 is 0 Å². The van der Waals surface area contributed by atoms with Crippen LogP contribution >= 0.6 is 27.7 Å². The van der Waals surface area contributed by atoms with E-state index in [2.05, 4.69) is 21.2 Å². The van der Waals surface area contributed by atoms with Crippen molar-refractivity contribution < 1.29 is 9.53 Å². The fourth-order valence-corrected chi connectivity index (χ4v) is 3.42. The fourth-order valence-electron chi connectivity index (χ4n) is 2.40. The quantitative estimate of drug-likeness (QED) is 0.535. The lowest BCUT2D eigenvalue weighted by Gasteiger charge is -2.11. The highest BCUT2D eigenvalue weighted by atomic mass is 79.9. The Labute approximate surface area is 162 Å². The first-order valence-corrected chi connectivity index (χ1v) is 10.3. The van der Waals surface area contributed by atoms with Gasteiger partial charge in [-0.05, 0) is 61.4 Å². The molecule has 25 heavy (non-hydrogen) atoms. The van der Waals surface area contributed by atoms with E-state index in [-0.39, 0.29) is 5.91 Å². The highest BCUT2D eigenvalue weighted by Crippen LogP contribution is 2.20. The average molecular weight is 422 g/mol. The molecule has 2 rings (SSSR count). The molecule has 1 N–H and O–H groups in total. The van der Waals surface area contributed by atoms with E-state index in [0.717, 1.165) is 45.0 Å². The predicted molar refractivity (Wildman–Crippen MR) is 111 cm³/mol. The van der Waals surface area contributed by atoms with Crippen molar-refractivity contribution in [2.75, 3.05) is 23.4 Å². The Morgan fingerprint density at radius 1 is 1.08 bits per heavy atom. The molecule has 0 saturated carbocycles. The number of halogens is 1. The molecular weight excluding hydrogens is 398 g/mol. The molecule has 0 radical (unpaired) electrons. The first kappa shape index (κ1) is 19.9. The van der Waals surface area contributed by atoms with Crippen LogP contribution in [0.4, 0.5) is 5.69 Å². The zero-order valence-electron chi connectivity index (χ0n) is 14.7. The maximum Gasteiger partial charge on any atom is 0.224 e. The van der Waals surface area contributed by atoms with Crippen molar-refractivity contribution in [1.82, 2.24) is 0 Å². The minimum atomic E-state index is 0.0871. The second kappa shape index (κ2) is 10.5. The summed E-state index contributed by atoms with van der Waals surface area (Å²) in [7, 11) is 0. The van der Waals surface area contributed by atoms with Gasteiger partial charge >= 0.3 is 0 Å². The number of aryl methyl sites for hydroxylation is 2. The van der Waals surface area contributed by atoms with Gasteiger partial charge in [-0.3, -0.25) is 4.79 Å². The van der Waals surface area contributed by atoms with Crippen LogP contribution in [0.1, 0.15) is 24.0 Å². The van der Waals surface area contributed by atoms with Crippen molar-refractivity contribution in [3.05, 3.63) is 58.1 Å². The standard InChI is InChI=1S/C20H24BrNO2S/c1-15-5-3-6-16(2)20(15)22-19(23)7-4-13-25-14-12-24-18-10-8-17(21)9-11-18/h3,5-6,8-11H,4,7,12-14H2,1-2H3,(H,22,23). The summed E-state index contributed by atoms with van der Waals surface area (Å²) in [5.74, 6) is 2.86. The minimum Gasteiger partial charge on any atom is -0.493 e. The Bertz CT molecular complexity index is 668. The van der Waals surface area contributed by atoms with Crippen LogP contribution in [0.5, 0.6) is 5.75 Å². The zero-order valence-corrected chi connectivity index (χ0v) is 17.1. The van der Waals surface area contributed by atoms with Crippen LogP contribution in [0.25, 0.3) is 0 Å². The molecular formula is C20H24BrNO2S. The third-order valence-corrected chi connectivity index (χ3v) is 5.31. The van der Waals surface area contributed by atoms with Gasteiger partial charge in [0.25, 0.3) is 0 Å². The second-order valence-electron chi connectivity index (χ2n) is 5.83. The first-order valence-electron chi connectivity index (χ1n) is 8.38. The maximum atomic E-state index is 12.1. The number of rotatable bonds is 9. The van der Waals surface area contributed by atoms with Crippen LogP contribution < -0.4 is 10.1 Å². The Balaban J connectivity index is 1.57. The van der Waals surface area contributed by atoms with E-state index < -0.39 is 0 Å². The van der Waals surface area contributed by atoms with Gasteiger partial charge in [-0.1, -0.05) is 34.1 Å². The molecule has 0 aliphatic rings. The number of amides is 1. The monoisotopic (exact) mass is 421 g/mol. The van der Waals surface area contributed by atoms with Crippen molar-refractivity contribution in [2.45, 2.75) is 26.7 Å². The highest BCUT2D eigenvalue weighted by Gasteiger charge is 2.06. The number of thioether (sulfide) groups is 1. The molecule has 0 aliphatic carbocycles. The molecule has 0 atom stereocenters. The van der Waals surface area contributed by atoms with Crippen LogP contribution in [-0.4, -0.2) is 24.0 Å². The summed E-state index contributed by atoms with van der Waals surface area (Å²) in [6.07, 6.45) is 1.42. The topological polar surface area (TPSA) is 38.3 Å². The average Bonchev–Trinajstić information content (AvgIpc) is 2.59.